The molecule has 1 heterocycles. The Labute approximate surface area is 98.2 Å². The van der Waals surface area contributed by atoms with Crippen LogP contribution in [0.2, 0.25) is 0 Å². The molecular formula is C9H13BrN2O2S. The standard InChI is InChI=1S/C9H13BrN2O2S/c1-7-8(10)3-4-9(12-7)11-5-6-15(2,13)14/h3-4H,5-6H2,1-2H3,(H,11,12). The van der Waals surface area contributed by atoms with Gasteiger partial charge < -0.3 is 5.32 Å². The van der Waals surface area contributed by atoms with E-state index in [9.17, 15) is 8.42 Å². The van der Waals surface area contributed by atoms with Crippen molar-refractivity contribution in [3.05, 3.63) is 22.3 Å². The zero-order valence-electron chi connectivity index (χ0n) is 8.62. The first-order valence-corrected chi connectivity index (χ1v) is 7.28. The molecule has 15 heavy (non-hydrogen) atoms. The fraction of sp³-hybridized carbons (Fsp3) is 0.444. The summed E-state index contributed by atoms with van der Waals surface area (Å²) in [4.78, 5) is 4.24. The molecule has 0 radical (unpaired) electrons. The molecule has 0 saturated carbocycles. The second-order valence-electron chi connectivity index (χ2n) is 3.32. The Hall–Kier alpha value is -0.620. The smallest absolute Gasteiger partial charge is 0.149 e. The van der Waals surface area contributed by atoms with Crippen LogP contribution < -0.4 is 5.32 Å². The van der Waals surface area contributed by atoms with Gasteiger partial charge in [0.1, 0.15) is 15.7 Å². The minimum absolute atomic E-state index is 0.115. The number of aryl methyl sites for hydroxylation is 1. The van der Waals surface area contributed by atoms with E-state index in [4.69, 9.17) is 0 Å². The number of rotatable bonds is 4. The fourth-order valence-corrected chi connectivity index (χ4v) is 1.70. The summed E-state index contributed by atoms with van der Waals surface area (Å²) in [6, 6.07) is 3.68. The molecule has 0 atom stereocenters. The summed E-state index contributed by atoms with van der Waals surface area (Å²) in [5.41, 5.74) is 0.874. The van der Waals surface area contributed by atoms with Crippen LogP contribution in [0, 0.1) is 6.92 Å². The van der Waals surface area contributed by atoms with Crippen LogP contribution in [0.1, 0.15) is 5.69 Å². The van der Waals surface area contributed by atoms with Gasteiger partial charge in [-0.25, -0.2) is 13.4 Å². The van der Waals surface area contributed by atoms with Crippen molar-refractivity contribution in [2.75, 3.05) is 23.9 Å². The summed E-state index contributed by atoms with van der Waals surface area (Å²) < 4.78 is 22.7. The number of nitrogens with zero attached hydrogens (tertiary/aromatic N) is 1. The van der Waals surface area contributed by atoms with Crippen molar-refractivity contribution in [1.82, 2.24) is 4.98 Å². The summed E-state index contributed by atoms with van der Waals surface area (Å²) in [6.07, 6.45) is 1.22. The lowest BCUT2D eigenvalue weighted by Gasteiger charge is -2.06. The van der Waals surface area contributed by atoms with E-state index in [-0.39, 0.29) is 5.75 Å². The zero-order valence-corrected chi connectivity index (χ0v) is 11.0. The molecule has 0 aliphatic rings. The van der Waals surface area contributed by atoms with E-state index in [0.717, 1.165) is 10.2 Å². The second kappa shape index (κ2) is 4.94. The Balaban J connectivity index is 2.55. The van der Waals surface area contributed by atoms with Crippen LogP contribution in [0.25, 0.3) is 0 Å². The normalized spacial score (nSPS) is 11.4. The highest BCUT2D eigenvalue weighted by atomic mass is 79.9. The maximum absolute atomic E-state index is 10.9. The lowest BCUT2D eigenvalue weighted by Crippen LogP contribution is -2.14. The zero-order chi connectivity index (χ0) is 11.5. The maximum atomic E-state index is 10.9. The molecule has 0 aliphatic heterocycles. The summed E-state index contributed by atoms with van der Waals surface area (Å²) in [5.74, 6) is 0.809. The van der Waals surface area contributed by atoms with Crippen molar-refractivity contribution in [2.24, 2.45) is 0 Å². The Morgan fingerprint density at radius 1 is 1.47 bits per heavy atom. The third kappa shape index (κ3) is 4.61. The average molecular weight is 293 g/mol. The third-order valence-electron chi connectivity index (χ3n) is 1.80. The first kappa shape index (κ1) is 12.4. The van der Waals surface area contributed by atoms with Crippen LogP contribution in [0.5, 0.6) is 0 Å². The van der Waals surface area contributed by atoms with E-state index in [1.165, 1.54) is 6.26 Å². The van der Waals surface area contributed by atoms with Gasteiger partial charge in [-0.05, 0) is 35.0 Å². The number of pyridine rings is 1. The van der Waals surface area contributed by atoms with Crippen molar-refractivity contribution < 1.29 is 8.42 Å². The number of hydrogen-bond donors (Lipinski definition) is 1. The predicted octanol–water partition coefficient (Wildman–Crippen LogP) is 1.61. The van der Waals surface area contributed by atoms with E-state index in [0.29, 0.717) is 12.4 Å². The van der Waals surface area contributed by atoms with Gasteiger partial charge in [0.2, 0.25) is 0 Å². The molecule has 0 aromatic carbocycles. The van der Waals surface area contributed by atoms with E-state index >= 15 is 0 Å². The predicted molar refractivity (Wildman–Crippen MR) is 64.9 cm³/mol. The van der Waals surface area contributed by atoms with E-state index in [1.54, 1.807) is 6.07 Å². The van der Waals surface area contributed by atoms with Gasteiger partial charge in [-0.2, -0.15) is 0 Å². The van der Waals surface area contributed by atoms with E-state index < -0.39 is 9.84 Å². The van der Waals surface area contributed by atoms with E-state index in [1.807, 2.05) is 13.0 Å². The van der Waals surface area contributed by atoms with Crippen LogP contribution in [0.15, 0.2) is 16.6 Å². The third-order valence-corrected chi connectivity index (χ3v) is 3.58. The molecule has 1 N–H and O–H groups in total. The first-order valence-electron chi connectivity index (χ1n) is 4.43. The summed E-state index contributed by atoms with van der Waals surface area (Å²) in [7, 11) is -2.91. The number of sulfone groups is 1. The Kier molecular flexibility index (Phi) is 4.10. The molecule has 0 unspecified atom stereocenters. The molecular weight excluding hydrogens is 280 g/mol. The molecule has 0 saturated heterocycles. The van der Waals surface area contributed by atoms with Gasteiger partial charge in [-0.15, -0.1) is 0 Å². The summed E-state index contributed by atoms with van der Waals surface area (Å²) in [5, 5.41) is 2.96. The number of nitrogens with one attached hydrogen (secondary N) is 1. The van der Waals surface area contributed by atoms with Gasteiger partial charge in [0.25, 0.3) is 0 Å². The van der Waals surface area contributed by atoms with Gasteiger partial charge in [-0.1, -0.05) is 0 Å². The highest BCUT2D eigenvalue weighted by Crippen LogP contribution is 2.15. The number of anilines is 1. The molecule has 1 aromatic heterocycles. The molecule has 6 heteroatoms. The van der Waals surface area contributed by atoms with Crippen LogP contribution in [0.4, 0.5) is 5.82 Å². The minimum atomic E-state index is -2.91. The molecule has 0 bridgehead atoms. The molecule has 0 amide bonds. The molecule has 1 rings (SSSR count). The van der Waals surface area contributed by atoms with Gasteiger partial charge in [0.05, 0.1) is 11.4 Å². The highest BCUT2D eigenvalue weighted by molar-refractivity contribution is 9.10. The maximum Gasteiger partial charge on any atom is 0.149 e. The Bertz CT molecular complexity index is 445. The number of halogens is 1. The lowest BCUT2D eigenvalue weighted by atomic mass is 10.4. The summed E-state index contributed by atoms with van der Waals surface area (Å²) in [6.45, 7) is 2.26. The molecule has 84 valence electrons. The van der Waals surface area contributed by atoms with Crippen molar-refractivity contribution in [3.63, 3.8) is 0 Å². The van der Waals surface area contributed by atoms with Gasteiger partial charge in [0.15, 0.2) is 0 Å². The van der Waals surface area contributed by atoms with Crippen molar-refractivity contribution in [1.29, 1.82) is 0 Å². The molecule has 4 nitrogen and oxygen atoms in total. The van der Waals surface area contributed by atoms with Gasteiger partial charge in [-0.3, -0.25) is 0 Å². The molecule has 0 spiro atoms. The Morgan fingerprint density at radius 3 is 2.67 bits per heavy atom. The number of hydrogen-bond acceptors (Lipinski definition) is 4. The SMILES string of the molecule is Cc1nc(NCCS(C)(=O)=O)ccc1Br. The first-order chi connectivity index (χ1) is 6.88. The molecule has 0 aliphatic carbocycles. The topological polar surface area (TPSA) is 59.1 Å². The second-order valence-corrected chi connectivity index (χ2v) is 6.43. The fourth-order valence-electron chi connectivity index (χ4n) is 1.01. The van der Waals surface area contributed by atoms with Crippen LogP contribution in [-0.4, -0.2) is 32.0 Å². The molecule has 0 fully saturated rings. The lowest BCUT2D eigenvalue weighted by molar-refractivity contribution is 0.602. The Morgan fingerprint density at radius 2 is 2.13 bits per heavy atom. The highest BCUT2D eigenvalue weighted by Gasteiger charge is 2.02. The van der Waals surface area contributed by atoms with E-state index in [2.05, 4.69) is 26.2 Å². The monoisotopic (exact) mass is 292 g/mol. The average Bonchev–Trinajstić information content (AvgIpc) is 2.09. The van der Waals surface area contributed by atoms with Crippen LogP contribution in [-0.2, 0) is 9.84 Å². The van der Waals surface area contributed by atoms with Crippen LogP contribution in [0.3, 0.4) is 0 Å². The van der Waals surface area contributed by atoms with Gasteiger partial charge in [0, 0.05) is 17.3 Å². The van der Waals surface area contributed by atoms with Crippen molar-refractivity contribution in [3.8, 4) is 0 Å². The largest absolute Gasteiger partial charge is 0.369 e. The van der Waals surface area contributed by atoms with Gasteiger partial charge >= 0.3 is 0 Å². The summed E-state index contributed by atoms with van der Waals surface area (Å²) >= 11 is 3.34. The molecule has 1 aromatic rings. The van der Waals surface area contributed by atoms with Crippen LogP contribution >= 0.6 is 15.9 Å². The van der Waals surface area contributed by atoms with Crippen molar-refractivity contribution in [2.45, 2.75) is 6.92 Å². The number of aromatic nitrogens is 1. The minimum Gasteiger partial charge on any atom is -0.369 e. The quantitative estimate of drug-likeness (QED) is 0.916. The van der Waals surface area contributed by atoms with Crippen molar-refractivity contribution >= 4 is 31.6 Å².